The van der Waals surface area contributed by atoms with E-state index >= 15 is 0 Å². The van der Waals surface area contributed by atoms with Gasteiger partial charge in [0.05, 0.1) is 17.2 Å². The number of hydrogen-bond acceptors (Lipinski definition) is 4. The van der Waals surface area contributed by atoms with Gasteiger partial charge in [-0.2, -0.15) is 0 Å². The van der Waals surface area contributed by atoms with Gasteiger partial charge in [0.15, 0.2) is 0 Å². The van der Waals surface area contributed by atoms with E-state index < -0.39 is 10.0 Å². The molecular weight excluding hydrogens is 264 g/mol. The van der Waals surface area contributed by atoms with E-state index in [1.165, 1.54) is 0 Å². The average Bonchev–Trinajstić information content (AvgIpc) is 2.76. The molecule has 0 bridgehead atoms. The Balaban J connectivity index is 2.04. The van der Waals surface area contributed by atoms with Crippen LogP contribution in [0.2, 0.25) is 0 Å². The van der Waals surface area contributed by atoms with Crippen LogP contribution in [0.15, 0.2) is 28.3 Å². The summed E-state index contributed by atoms with van der Waals surface area (Å²) in [5, 5.41) is 3.80. The average molecular weight is 282 g/mol. The van der Waals surface area contributed by atoms with Crippen molar-refractivity contribution in [2.45, 2.75) is 38.2 Å². The van der Waals surface area contributed by atoms with Crippen LogP contribution in [0.4, 0.5) is 0 Å². The Morgan fingerprint density at radius 1 is 1.32 bits per heavy atom. The van der Waals surface area contributed by atoms with Gasteiger partial charge in [0.25, 0.3) is 0 Å². The standard InChI is InChI=1S/C13H18N2O3S/c1-9-4-5-13(6-10(9)2)19(16,17)14-8-12-7-11(3)15-18-12/h4-6,12,14H,7-8H2,1-3H3/t12-/m1/s1. The summed E-state index contributed by atoms with van der Waals surface area (Å²) in [6.45, 7) is 5.94. The first kappa shape index (κ1) is 14.0. The van der Waals surface area contributed by atoms with Gasteiger partial charge in [-0.25, -0.2) is 13.1 Å². The zero-order valence-electron chi connectivity index (χ0n) is 11.3. The molecular formula is C13H18N2O3S. The van der Waals surface area contributed by atoms with Gasteiger partial charge in [-0.05, 0) is 44.0 Å². The Bertz CT molecular complexity index is 608. The monoisotopic (exact) mass is 282 g/mol. The van der Waals surface area contributed by atoms with E-state index in [2.05, 4.69) is 9.88 Å². The predicted molar refractivity (Wildman–Crippen MR) is 73.7 cm³/mol. The second kappa shape index (κ2) is 5.30. The summed E-state index contributed by atoms with van der Waals surface area (Å²) in [5.41, 5.74) is 2.91. The van der Waals surface area contributed by atoms with Crippen LogP contribution in [0.5, 0.6) is 0 Å². The van der Waals surface area contributed by atoms with Gasteiger partial charge in [-0.15, -0.1) is 0 Å². The molecule has 0 aliphatic carbocycles. The van der Waals surface area contributed by atoms with Crippen molar-refractivity contribution in [1.29, 1.82) is 0 Å². The van der Waals surface area contributed by atoms with Crippen molar-refractivity contribution in [2.24, 2.45) is 5.16 Å². The first-order chi connectivity index (χ1) is 8.88. The molecule has 1 aliphatic rings. The molecule has 1 heterocycles. The zero-order valence-corrected chi connectivity index (χ0v) is 12.1. The minimum atomic E-state index is -3.49. The van der Waals surface area contributed by atoms with Gasteiger partial charge in [0.1, 0.15) is 6.10 Å². The summed E-state index contributed by atoms with van der Waals surface area (Å²) >= 11 is 0. The largest absolute Gasteiger partial charge is 0.391 e. The number of nitrogens with one attached hydrogen (secondary N) is 1. The lowest BCUT2D eigenvalue weighted by Gasteiger charge is -2.11. The molecule has 0 fully saturated rings. The van der Waals surface area contributed by atoms with Gasteiger partial charge >= 0.3 is 0 Å². The fourth-order valence-corrected chi connectivity index (χ4v) is 3.00. The van der Waals surface area contributed by atoms with Crippen LogP contribution in [-0.2, 0) is 14.9 Å². The highest BCUT2D eigenvalue weighted by Crippen LogP contribution is 2.15. The fraction of sp³-hybridized carbons (Fsp3) is 0.462. The predicted octanol–water partition coefficient (Wildman–Crippen LogP) is 1.75. The summed E-state index contributed by atoms with van der Waals surface area (Å²) in [4.78, 5) is 5.38. The lowest BCUT2D eigenvalue weighted by atomic mass is 10.1. The molecule has 0 unspecified atom stereocenters. The van der Waals surface area contributed by atoms with Gasteiger partial charge in [-0.1, -0.05) is 11.2 Å². The molecule has 5 nitrogen and oxygen atoms in total. The first-order valence-electron chi connectivity index (χ1n) is 6.15. The van der Waals surface area contributed by atoms with Crippen molar-refractivity contribution in [1.82, 2.24) is 4.72 Å². The topological polar surface area (TPSA) is 67.8 Å². The molecule has 1 atom stereocenters. The van der Waals surface area contributed by atoms with Crippen LogP contribution in [0.1, 0.15) is 24.5 Å². The molecule has 0 aromatic heterocycles. The number of rotatable bonds is 4. The number of sulfonamides is 1. The summed E-state index contributed by atoms with van der Waals surface area (Å²) in [6.07, 6.45) is 0.455. The van der Waals surface area contributed by atoms with Crippen LogP contribution >= 0.6 is 0 Å². The molecule has 0 saturated carbocycles. The summed E-state index contributed by atoms with van der Waals surface area (Å²) in [7, 11) is -3.49. The molecule has 6 heteroatoms. The minimum absolute atomic E-state index is 0.207. The van der Waals surface area contributed by atoms with Crippen molar-refractivity contribution in [2.75, 3.05) is 6.54 Å². The molecule has 1 aliphatic heterocycles. The van der Waals surface area contributed by atoms with E-state index in [9.17, 15) is 8.42 Å². The quantitative estimate of drug-likeness (QED) is 0.914. The fourth-order valence-electron chi connectivity index (χ4n) is 1.85. The van der Waals surface area contributed by atoms with Gasteiger partial charge in [0.2, 0.25) is 10.0 Å². The van der Waals surface area contributed by atoms with Gasteiger partial charge in [-0.3, -0.25) is 0 Å². The maximum atomic E-state index is 12.1. The lowest BCUT2D eigenvalue weighted by molar-refractivity contribution is 0.0891. The van der Waals surface area contributed by atoms with E-state index in [-0.39, 0.29) is 17.5 Å². The van der Waals surface area contributed by atoms with Crippen molar-refractivity contribution in [3.63, 3.8) is 0 Å². The molecule has 0 spiro atoms. The van der Waals surface area contributed by atoms with Crippen molar-refractivity contribution < 1.29 is 13.3 Å². The van der Waals surface area contributed by atoms with E-state index in [4.69, 9.17) is 4.84 Å². The highest BCUT2D eigenvalue weighted by Gasteiger charge is 2.22. The summed E-state index contributed by atoms with van der Waals surface area (Å²) in [5.74, 6) is 0. The molecule has 1 aromatic rings. The van der Waals surface area contributed by atoms with Crippen LogP contribution < -0.4 is 4.72 Å². The molecule has 0 amide bonds. The second-order valence-electron chi connectivity index (χ2n) is 4.86. The maximum Gasteiger partial charge on any atom is 0.240 e. The van der Waals surface area contributed by atoms with E-state index in [0.717, 1.165) is 16.8 Å². The molecule has 104 valence electrons. The van der Waals surface area contributed by atoms with E-state index in [0.29, 0.717) is 6.42 Å². The van der Waals surface area contributed by atoms with Gasteiger partial charge < -0.3 is 4.84 Å². The van der Waals surface area contributed by atoms with Crippen LogP contribution in [-0.4, -0.2) is 26.8 Å². The first-order valence-corrected chi connectivity index (χ1v) is 7.63. The Kier molecular flexibility index (Phi) is 3.91. The van der Waals surface area contributed by atoms with Crippen LogP contribution in [0, 0.1) is 13.8 Å². The van der Waals surface area contributed by atoms with Crippen molar-refractivity contribution in [3.8, 4) is 0 Å². The van der Waals surface area contributed by atoms with Gasteiger partial charge in [0, 0.05) is 6.42 Å². The van der Waals surface area contributed by atoms with Crippen LogP contribution in [0.25, 0.3) is 0 Å². The lowest BCUT2D eigenvalue weighted by Crippen LogP contribution is -2.32. The Hall–Kier alpha value is -1.40. The third-order valence-electron chi connectivity index (χ3n) is 3.17. The summed E-state index contributed by atoms with van der Waals surface area (Å²) < 4.78 is 26.8. The Morgan fingerprint density at radius 2 is 2.05 bits per heavy atom. The Labute approximate surface area is 113 Å². The Morgan fingerprint density at radius 3 is 2.63 bits per heavy atom. The maximum absolute atomic E-state index is 12.1. The van der Waals surface area contributed by atoms with E-state index in [1.54, 1.807) is 12.1 Å². The zero-order chi connectivity index (χ0) is 14.0. The number of aryl methyl sites for hydroxylation is 2. The third kappa shape index (κ3) is 3.33. The van der Waals surface area contributed by atoms with Crippen molar-refractivity contribution >= 4 is 15.7 Å². The number of benzene rings is 1. The molecule has 1 N–H and O–H groups in total. The second-order valence-corrected chi connectivity index (χ2v) is 6.62. The van der Waals surface area contributed by atoms with E-state index in [1.807, 2.05) is 26.8 Å². The molecule has 1 aromatic carbocycles. The number of hydrogen-bond donors (Lipinski definition) is 1. The highest BCUT2D eigenvalue weighted by atomic mass is 32.2. The molecule has 0 saturated heterocycles. The normalized spacial score (nSPS) is 19.1. The number of nitrogens with zero attached hydrogens (tertiary/aromatic N) is 1. The van der Waals surface area contributed by atoms with Crippen molar-refractivity contribution in [3.05, 3.63) is 29.3 Å². The molecule has 0 radical (unpaired) electrons. The third-order valence-corrected chi connectivity index (χ3v) is 4.59. The number of oxime groups is 1. The summed E-state index contributed by atoms with van der Waals surface area (Å²) in [6, 6.07) is 5.10. The minimum Gasteiger partial charge on any atom is -0.391 e. The molecule has 19 heavy (non-hydrogen) atoms. The SMILES string of the molecule is CC1=NO[C@@H](CNS(=O)(=O)c2ccc(C)c(C)c2)C1. The smallest absolute Gasteiger partial charge is 0.240 e. The molecule has 2 rings (SSSR count). The van der Waals surface area contributed by atoms with Crippen LogP contribution in [0.3, 0.4) is 0 Å². The highest BCUT2D eigenvalue weighted by molar-refractivity contribution is 7.89.